The number of carboxylic acids is 1. The summed E-state index contributed by atoms with van der Waals surface area (Å²) in [5.41, 5.74) is 2.24. The van der Waals surface area contributed by atoms with Crippen LogP contribution >= 0.6 is 0 Å². The summed E-state index contributed by atoms with van der Waals surface area (Å²) in [5, 5.41) is 14.3. The second-order valence-corrected chi connectivity index (χ2v) is 7.55. The lowest BCUT2D eigenvalue weighted by molar-refractivity contribution is -0.139. The Labute approximate surface area is 186 Å². The van der Waals surface area contributed by atoms with E-state index in [0.717, 1.165) is 21.9 Å². The smallest absolute Gasteiger partial charge is 0.326 e. The minimum atomic E-state index is -1.09. The van der Waals surface area contributed by atoms with Crippen molar-refractivity contribution >= 4 is 22.6 Å². The van der Waals surface area contributed by atoms with Crippen molar-refractivity contribution in [1.29, 1.82) is 0 Å². The number of fused-ring (bicyclic) bond motifs is 1. The van der Waals surface area contributed by atoms with Gasteiger partial charge in [-0.15, -0.1) is 0 Å². The first-order chi connectivity index (χ1) is 15.6. The summed E-state index contributed by atoms with van der Waals surface area (Å²) in [7, 11) is 0. The van der Waals surface area contributed by atoms with Gasteiger partial charge in [0.15, 0.2) is 0 Å². The van der Waals surface area contributed by atoms with Gasteiger partial charge in [-0.2, -0.15) is 0 Å². The molecule has 4 aromatic rings. The number of ether oxygens (including phenoxy) is 1. The molecule has 0 aliphatic rings. The molecule has 1 amide bonds. The molecule has 0 aliphatic heterocycles. The molecule has 4 aromatic carbocycles. The minimum absolute atomic E-state index is 0.150. The second kappa shape index (κ2) is 9.79. The number of benzene rings is 4. The van der Waals surface area contributed by atoms with Gasteiger partial charge in [0.25, 0.3) is 5.91 Å². The summed E-state index contributed by atoms with van der Waals surface area (Å²) in [6.45, 7) is 0.422. The number of nitrogens with one attached hydrogen (secondary N) is 1. The molecule has 4 rings (SSSR count). The highest BCUT2D eigenvalue weighted by Gasteiger charge is 2.21. The van der Waals surface area contributed by atoms with Crippen LogP contribution in [0.4, 0.5) is 0 Å². The summed E-state index contributed by atoms with van der Waals surface area (Å²) < 4.78 is 5.83. The summed E-state index contributed by atoms with van der Waals surface area (Å²) in [6.07, 6.45) is 0.150. The largest absolute Gasteiger partial charge is 0.489 e. The normalized spacial score (nSPS) is 11.6. The molecular weight excluding hydrogens is 402 g/mol. The van der Waals surface area contributed by atoms with Gasteiger partial charge >= 0.3 is 5.97 Å². The van der Waals surface area contributed by atoms with Crippen LogP contribution in [0, 0.1) is 0 Å². The highest BCUT2D eigenvalue weighted by molar-refractivity contribution is 6.00. The van der Waals surface area contributed by atoms with Crippen molar-refractivity contribution in [3.8, 4) is 5.75 Å². The summed E-state index contributed by atoms with van der Waals surface area (Å²) in [6, 6.07) is 29.1. The number of aliphatic carboxylic acids is 1. The van der Waals surface area contributed by atoms with E-state index in [0.29, 0.717) is 17.9 Å². The highest BCUT2D eigenvalue weighted by atomic mass is 16.5. The van der Waals surface area contributed by atoms with Gasteiger partial charge in [0.05, 0.1) is 0 Å². The van der Waals surface area contributed by atoms with Crippen LogP contribution in [0.2, 0.25) is 0 Å². The number of hydrogen-bond acceptors (Lipinski definition) is 3. The molecule has 0 aliphatic carbocycles. The summed E-state index contributed by atoms with van der Waals surface area (Å²) >= 11 is 0. The van der Waals surface area contributed by atoms with Crippen molar-refractivity contribution in [2.75, 3.05) is 0 Å². The van der Waals surface area contributed by atoms with E-state index < -0.39 is 17.9 Å². The molecule has 0 saturated heterocycles. The van der Waals surface area contributed by atoms with Crippen LogP contribution in [0.15, 0.2) is 97.1 Å². The van der Waals surface area contributed by atoms with Crippen LogP contribution in [-0.2, 0) is 17.8 Å². The maximum Gasteiger partial charge on any atom is 0.326 e. The molecule has 0 aromatic heterocycles. The van der Waals surface area contributed by atoms with Crippen molar-refractivity contribution in [3.05, 3.63) is 114 Å². The second-order valence-electron chi connectivity index (χ2n) is 7.55. The third kappa shape index (κ3) is 5.32. The Bertz CT molecular complexity index is 1240. The van der Waals surface area contributed by atoms with Gasteiger partial charge in [0.1, 0.15) is 18.4 Å². The highest BCUT2D eigenvalue weighted by Crippen LogP contribution is 2.18. The Balaban J connectivity index is 1.43. The minimum Gasteiger partial charge on any atom is -0.489 e. The Kier molecular flexibility index (Phi) is 6.46. The van der Waals surface area contributed by atoms with E-state index in [1.165, 1.54) is 0 Å². The van der Waals surface area contributed by atoms with Crippen LogP contribution < -0.4 is 10.1 Å². The predicted molar refractivity (Wildman–Crippen MR) is 124 cm³/mol. The van der Waals surface area contributed by atoms with Crippen molar-refractivity contribution in [1.82, 2.24) is 5.32 Å². The Morgan fingerprint density at radius 2 is 1.50 bits per heavy atom. The lowest BCUT2D eigenvalue weighted by Crippen LogP contribution is -2.42. The van der Waals surface area contributed by atoms with Crippen LogP contribution in [0.25, 0.3) is 10.8 Å². The first-order valence-corrected chi connectivity index (χ1v) is 10.4. The average Bonchev–Trinajstić information content (AvgIpc) is 2.83. The maximum absolute atomic E-state index is 12.7. The number of carbonyl (C=O) groups is 2. The number of hydrogen-bond donors (Lipinski definition) is 2. The molecule has 0 radical (unpaired) electrons. The Hall–Kier alpha value is -4.12. The number of carbonyl (C=O) groups excluding carboxylic acids is 1. The standard InChI is InChI=1S/C27H23NO4/c29-26(23-14-13-21-10-4-5-11-22(21)17-23)28-25(27(30)31)16-20-9-6-12-24(15-20)32-18-19-7-2-1-3-8-19/h1-15,17,25H,16,18H2,(H,28,29)(H,30,31)/t25-/m0/s1. The molecule has 1 atom stereocenters. The SMILES string of the molecule is O=C(N[C@@H](Cc1cccc(OCc2ccccc2)c1)C(=O)O)c1ccc2ccccc2c1. The quantitative estimate of drug-likeness (QED) is 0.423. The van der Waals surface area contributed by atoms with E-state index in [1.807, 2.05) is 78.9 Å². The van der Waals surface area contributed by atoms with Gasteiger partial charge in [-0.25, -0.2) is 4.79 Å². The van der Waals surface area contributed by atoms with E-state index in [1.54, 1.807) is 18.2 Å². The topological polar surface area (TPSA) is 75.6 Å². The van der Waals surface area contributed by atoms with Crippen LogP contribution in [-0.4, -0.2) is 23.0 Å². The van der Waals surface area contributed by atoms with Gasteiger partial charge in [-0.1, -0.05) is 72.8 Å². The molecule has 0 heterocycles. The van der Waals surface area contributed by atoms with Crippen molar-refractivity contribution < 1.29 is 19.4 Å². The number of carboxylic acid groups (broad SMARTS) is 1. The summed E-state index contributed by atoms with van der Waals surface area (Å²) in [5.74, 6) is -0.856. The van der Waals surface area contributed by atoms with Crippen molar-refractivity contribution in [3.63, 3.8) is 0 Å². The fraction of sp³-hybridized carbons (Fsp3) is 0.111. The lowest BCUT2D eigenvalue weighted by Gasteiger charge is -2.16. The third-order valence-corrected chi connectivity index (χ3v) is 5.20. The van der Waals surface area contributed by atoms with E-state index in [4.69, 9.17) is 4.74 Å². The third-order valence-electron chi connectivity index (χ3n) is 5.20. The van der Waals surface area contributed by atoms with Crippen LogP contribution in [0.5, 0.6) is 5.75 Å². The molecule has 32 heavy (non-hydrogen) atoms. The average molecular weight is 425 g/mol. The molecule has 0 bridgehead atoms. The molecule has 0 fully saturated rings. The number of rotatable bonds is 8. The molecule has 0 saturated carbocycles. The van der Waals surface area contributed by atoms with Crippen molar-refractivity contribution in [2.24, 2.45) is 0 Å². The molecule has 160 valence electrons. The zero-order valence-electron chi connectivity index (χ0n) is 17.4. The van der Waals surface area contributed by atoms with E-state index in [2.05, 4.69) is 5.32 Å². The zero-order valence-corrected chi connectivity index (χ0v) is 17.4. The van der Waals surface area contributed by atoms with E-state index >= 15 is 0 Å². The first kappa shape index (κ1) is 21.1. The monoisotopic (exact) mass is 425 g/mol. The first-order valence-electron chi connectivity index (χ1n) is 10.4. The molecule has 0 spiro atoms. The molecule has 2 N–H and O–H groups in total. The molecule has 5 heteroatoms. The van der Waals surface area contributed by atoms with Crippen LogP contribution in [0.1, 0.15) is 21.5 Å². The van der Waals surface area contributed by atoms with E-state index in [9.17, 15) is 14.7 Å². The molecule has 0 unspecified atom stereocenters. The summed E-state index contributed by atoms with van der Waals surface area (Å²) in [4.78, 5) is 24.6. The Morgan fingerprint density at radius 3 is 2.28 bits per heavy atom. The van der Waals surface area contributed by atoms with Crippen LogP contribution in [0.3, 0.4) is 0 Å². The fourth-order valence-corrected chi connectivity index (χ4v) is 3.51. The Morgan fingerprint density at radius 1 is 0.781 bits per heavy atom. The number of amides is 1. The fourth-order valence-electron chi connectivity index (χ4n) is 3.51. The van der Waals surface area contributed by atoms with Gasteiger partial charge in [0, 0.05) is 12.0 Å². The predicted octanol–water partition coefficient (Wildman–Crippen LogP) is 4.84. The van der Waals surface area contributed by atoms with Gasteiger partial charge in [0.2, 0.25) is 0 Å². The molecule has 5 nitrogen and oxygen atoms in total. The van der Waals surface area contributed by atoms with Crippen molar-refractivity contribution in [2.45, 2.75) is 19.1 Å². The van der Waals surface area contributed by atoms with E-state index in [-0.39, 0.29) is 6.42 Å². The van der Waals surface area contributed by atoms with Gasteiger partial charge in [-0.05, 0) is 46.2 Å². The zero-order chi connectivity index (χ0) is 22.3. The van der Waals surface area contributed by atoms with Gasteiger partial charge < -0.3 is 15.2 Å². The van der Waals surface area contributed by atoms with Gasteiger partial charge in [-0.3, -0.25) is 4.79 Å². The maximum atomic E-state index is 12.7. The lowest BCUT2D eigenvalue weighted by atomic mass is 10.0. The molecular formula is C27H23NO4.